The summed E-state index contributed by atoms with van der Waals surface area (Å²) in [6.45, 7) is 7.27. The van der Waals surface area contributed by atoms with Crippen LogP contribution in [0.2, 0.25) is 0 Å². The summed E-state index contributed by atoms with van der Waals surface area (Å²) in [5.74, 6) is 0.0915. The van der Waals surface area contributed by atoms with Gasteiger partial charge in [0.2, 0.25) is 5.91 Å². The number of nitrogens with one attached hydrogen (secondary N) is 1. The standard InChI is InChI=1S/C16H22N4O/c1-4-20(5-2)16(21)11(3)19-14-9-8-13(17)15-12(14)7-6-10-18-15/h6-11,19H,4-5,17H2,1-3H3. The number of fused-ring (bicyclic) bond motifs is 1. The Kier molecular flexibility index (Phi) is 4.62. The molecule has 2 aromatic rings. The molecule has 21 heavy (non-hydrogen) atoms. The molecule has 1 atom stereocenters. The van der Waals surface area contributed by atoms with Gasteiger partial charge in [-0.1, -0.05) is 0 Å². The number of nitrogens with two attached hydrogens (primary N) is 1. The molecule has 112 valence electrons. The summed E-state index contributed by atoms with van der Waals surface area (Å²) in [7, 11) is 0. The maximum absolute atomic E-state index is 12.3. The van der Waals surface area contributed by atoms with Crippen LogP contribution in [0, 0.1) is 0 Å². The summed E-state index contributed by atoms with van der Waals surface area (Å²) in [6, 6.07) is 7.23. The first-order valence-electron chi connectivity index (χ1n) is 7.27. The van der Waals surface area contributed by atoms with Crippen LogP contribution in [0.15, 0.2) is 30.5 Å². The van der Waals surface area contributed by atoms with Gasteiger partial charge in [0.05, 0.1) is 11.2 Å². The molecule has 2 rings (SSSR count). The van der Waals surface area contributed by atoms with Crippen molar-refractivity contribution in [2.24, 2.45) is 0 Å². The summed E-state index contributed by atoms with van der Waals surface area (Å²) in [4.78, 5) is 18.5. The highest BCUT2D eigenvalue weighted by Crippen LogP contribution is 2.27. The van der Waals surface area contributed by atoms with Crippen LogP contribution in [0.4, 0.5) is 11.4 Å². The number of carbonyl (C=O) groups excluding carboxylic acids is 1. The zero-order valence-corrected chi connectivity index (χ0v) is 12.8. The number of nitrogen functional groups attached to an aromatic ring is 1. The Balaban J connectivity index is 2.28. The van der Waals surface area contributed by atoms with Gasteiger partial charge in [0.25, 0.3) is 0 Å². The maximum Gasteiger partial charge on any atom is 0.244 e. The van der Waals surface area contributed by atoms with E-state index in [-0.39, 0.29) is 11.9 Å². The van der Waals surface area contributed by atoms with Crippen LogP contribution in [-0.2, 0) is 4.79 Å². The SMILES string of the molecule is CCN(CC)C(=O)C(C)Nc1ccc(N)c2ncccc12. The van der Waals surface area contributed by atoms with Gasteiger partial charge in [0, 0.05) is 30.4 Å². The molecule has 0 saturated carbocycles. The zero-order valence-electron chi connectivity index (χ0n) is 12.8. The molecular weight excluding hydrogens is 264 g/mol. The second-order valence-corrected chi connectivity index (χ2v) is 4.98. The average Bonchev–Trinajstić information content (AvgIpc) is 2.51. The first-order chi connectivity index (χ1) is 10.1. The number of carbonyl (C=O) groups is 1. The van der Waals surface area contributed by atoms with E-state index in [2.05, 4.69) is 10.3 Å². The topological polar surface area (TPSA) is 71.2 Å². The minimum absolute atomic E-state index is 0.0915. The van der Waals surface area contributed by atoms with Crippen molar-refractivity contribution in [1.29, 1.82) is 0 Å². The minimum Gasteiger partial charge on any atom is -0.397 e. The number of nitrogens with zero attached hydrogens (tertiary/aromatic N) is 2. The molecule has 0 aliphatic carbocycles. The molecule has 5 nitrogen and oxygen atoms in total. The number of hydrogen-bond donors (Lipinski definition) is 2. The largest absolute Gasteiger partial charge is 0.397 e. The van der Waals surface area contributed by atoms with Gasteiger partial charge in [-0.2, -0.15) is 0 Å². The van der Waals surface area contributed by atoms with E-state index in [1.165, 1.54) is 0 Å². The lowest BCUT2D eigenvalue weighted by molar-refractivity contribution is -0.131. The van der Waals surface area contributed by atoms with Gasteiger partial charge in [-0.3, -0.25) is 9.78 Å². The smallest absolute Gasteiger partial charge is 0.244 e. The molecule has 5 heteroatoms. The molecule has 0 aliphatic heterocycles. The van der Waals surface area contributed by atoms with E-state index >= 15 is 0 Å². The van der Waals surface area contributed by atoms with Crippen LogP contribution in [-0.4, -0.2) is 34.9 Å². The van der Waals surface area contributed by atoms with Crippen LogP contribution in [0.5, 0.6) is 0 Å². The number of amides is 1. The maximum atomic E-state index is 12.3. The van der Waals surface area contributed by atoms with Crippen molar-refractivity contribution in [3.05, 3.63) is 30.5 Å². The van der Waals surface area contributed by atoms with Gasteiger partial charge in [-0.25, -0.2) is 0 Å². The number of aromatic nitrogens is 1. The van der Waals surface area contributed by atoms with Crippen molar-refractivity contribution in [1.82, 2.24) is 9.88 Å². The Labute approximate surface area is 125 Å². The summed E-state index contributed by atoms with van der Waals surface area (Å²) in [5.41, 5.74) is 8.21. The van der Waals surface area contributed by atoms with Crippen molar-refractivity contribution >= 4 is 28.2 Å². The molecule has 1 aromatic heterocycles. The third-order valence-corrected chi connectivity index (χ3v) is 3.62. The van der Waals surface area contributed by atoms with Gasteiger partial charge in [-0.05, 0) is 45.0 Å². The molecule has 0 radical (unpaired) electrons. The lowest BCUT2D eigenvalue weighted by atomic mass is 10.1. The average molecular weight is 286 g/mol. The van der Waals surface area contributed by atoms with E-state index in [4.69, 9.17) is 5.73 Å². The van der Waals surface area contributed by atoms with Gasteiger partial charge < -0.3 is 16.0 Å². The Hall–Kier alpha value is -2.30. The van der Waals surface area contributed by atoms with Crippen molar-refractivity contribution < 1.29 is 4.79 Å². The lowest BCUT2D eigenvalue weighted by Gasteiger charge is -2.24. The summed E-state index contributed by atoms with van der Waals surface area (Å²) < 4.78 is 0. The highest BCUT2D eigenvalue weighted by Gasteiger charge is 2.18. The number of rotatable bonds is 5. The summed E-state index contributed by atoms with van der Waals surface area (Å²) in [5, 5.41) is 4.20. The first-order valence-corrected chi connectivity index (χ1v) is 7.27. The number of hydrogen-bond acceptors (Lipinski definition) is 4. The van der Waals surface area contributed by atoms with Crippen LogP contribution >= 0.6 is 0 Å². The van der Waals surface area contributed by atoms with Crippen LogP contribution < -0.4 is 11.1 Å². The van der Waals surface area contributed by atoms with Gasteiger partial charge in [-0.15, -0.1) is 0 Å². The fraction of sp³-hybridized carbons (Fsp3) is 0.375. The number of anilines is 2. The second-order valence-electron chi connectivity index (χ2n) is 4.98. The minimum atomic E-state index is -0.295. The van der Waals surface area contributed by atoms with E-state index in [0.717, 1.165) is 16.6 Å². The molecule has 1 amide bonds. The highest BCUT2D eigenvalue weighted by molar-refractivity contribution is 5.99. The van der Waals surface area contributed by atoms with Gasteiger partial charge in [0.15, 0.2) is 0 Å². The van der Waals surface area contributed by atoms with Crippen molar-refractivity contribution in [3.63, 3.8) is 0 Å². The summed E-state index contributed by atoms with van der Waals surface area (Å²) in [6.07, 6.45) is 1.72. The third kappa shape index (κ3) is 3.07. The van der Waals surface area contributed by atoms with E-state index in [9.17, 15) is 4.79 Å². The van der Waals surface area contributed by atoms with Crippen LogP contribution in [0.25, 0.3) is 10.9 Å². The third-order valence-electron chi connectivity index (χ3n) is 3.62. The molecular formula is C16H22N4O. The first kappa shape index (κ1) is 15.1. The molecule has 0 spiro atoms. The van der Waals surface area contributed by atoms with Crippen molar-refractivity contribution in [2.45, 2.75) is 26.8 Å². The predicted molar refractivity (Wildman–Crippen MR) is 87.2 cm³/mol. The van der Waals surface area contributed by atoms with Gasteiger partial charge in [0.1, 0.15) is 6.04 Å². The Bertz CT molecular complexity index is 637. The summed E-state index contributed by atoms with van der Waals surface area (Å²) >= 11 is 0. The predicted octanol–water partition coefficient (Wildman–Crippen LogP) is 2.49. The molecule has 0 aliphatic rings. The highest BCUT2D eigenvalue weighted by atomic mass is 16.2. The van der Waals surface area contributed by atoms with Crippen LogP contribution in [0.3, 0.4) is 0 Å². The van der Waals surface area contributed by atoms with Gasteiger partial charge >= 0.3 is 0 Å². The molecule has 1 aromatic carbocycles. The second kappa shape index (κ2) is 6.43. The van der Waals surface area contributed by atoms with E-state index in [1.807, 2.05) is 49.9 Å². The quantitative estimate of drug-likeness (QED) is 0.828. The zero-order chi connectivity index (χ0) is 15.4. The number of pyridine rings is 1. The molecule has 0 fully saturated rings. The Morgan fingerprint density at radius 2 is 2.05 bits per heavy atom. The molecule has 0 saturated heterocycles. The normalized spacial score (nSPS) is 12.1. The van der Waals surface area contributed by atoms with E-state index < -0.39 is 0 Å². The van der Waals surface area contributed by atoms with E-state index in [1.54, 1.807) is 6.20 Å². The monoisotopic (exact) mass is 286 g/mol. The molecule has 0 bridgehead atoms. The van der Waals surface area contributed by atoms with Crippen molar-refractivity contribution in [2.75, 3.05) is 24.1 Å². The van der Waals surface area contributed by atoms with Crippen molar-refractivity contribution in [3.8, 4) is 0 Å². The number of likely N-dealkylation sites (N-methyl/N-ethyl adjacent to an activating group) is 1. The van der Waals surface area contributed by atoms with E-state index in [0.29, 0.717) is 18.8 Å². The lowest BCUT2D eigenvalue weighted by Crippen LogP contribution is -2.41. The Morgan fingerprint density at radius 3 is 2.71 bits per heavy atom. The van der Waals surface area contributed by atoms with Crippen LogP contribution in [0.1, 0.15) is 20.8 Å². The fourth-order valence-corrected chi connectivity index (χ4v) is 2.42. The fourth-order valence-electron chi connectivity index (χ4n) is 2.42. The Morgan fingerprint density at radius 1 is 1.33 bits per heavy atom. The molecule has 3 N–H and O–H groups in total. The molecule has 1 heterocycles. The number of benzene rings is 1. The molecule has 1 unspecified atom stereocenters.